The van der Waals surface area contributed by atoms with Crippen molar-refractivity contribution in [1.29, 1.82) is 0 Å². The topological polar surface area (TPSA) is 55.5 Å². The van der Waals surface area contributed by atoms with Crippen LogP contribution in [-0.2, 0) is 6.42 Å². The van der Waals surface area contributed by atoms with Gasteiger partial charge in [0.25, 0.3) is 0 Å². The number of ether oxygens (including phenoxy) is 1. The number of benzene rings is 1. The molecule has 0 aromatic heterocycles. The molecule has 1 aliphatic heterocycles. The summed E-state index contributed by atoms with van der Waals surface area (Å²) in [5, 5.41) is 8.91. The summed E-state index contributed by atoms with van der Waals surface area (Å²) in [6, 6.07) is 2.45. The first-order valence-electron chi connectivity index (χ1n) is 4.54. The van der Waals surface area contributed by atoms with Gasteiger partial charge in [-0.05, 0) is 6.07 Å². The SMILES string of the molecule is N[C@@H](CO)c1ccc(F)c2c1OCC2. The van der Waals surface area contributed by atoms with Gasteiger partial charge in [0.15, 0.2) is 0 Å². The van der Waals surface area contributed by atoms with Crippen LogP contribution in [0.4, 0.5) is 4.39 Å². The summed E-state index contributed by atoms with van der Waals surface area (Å²) >= 11 is 0. The van der Waals surface area contributed by atoms with Crippen molar-refractivity contribution in [3.05, 3.63) is 29.1 Å². The van der Waals surface area contributed by atoms with Crippen LogP contribution < -0.4 is 10.5 Å². The zero-order chi connectivity index (χ0) is 10.1. The molecule has 1 heterocycles. The molecule has 0 spiro atoms. The number of nitrogens with two attached hydrogens (primary N) is 1. The van der Waals surface area contributed by atoms with Gasteiger partial charge in [0, 0.05) is 17.5 Å². The predicted molar refractivity (Wildman–Crippen MR) is 49.6 cm³/mol. The van der Waals surface area contributed by atoms with E-state index < -0.39 is 6.04 Å². The number of rotatable bonds is 2. The number of hydrogen-bond acceptors (Lipinski definition) is 3. The summed E-state index contributed by atoms with van der Waals surface area (Å²) in [5.74, 6) is 0.262. The summed E-state index contributed by atoms with van der Waals surface area (Å²) < 4.78 is 18.6. The zero-order valence-corrected chi connectivity index (χ0v) is 7.66. The maximum atomic E-state index is 13.3. The van der Waals surface area contributed by atoms with Crippen LogP contribution in [-0.4, -0.2) is 18.3 Å². The molecule has 3 N–H and O–H groups in total. The van der Waals surface area contributed by atoms with Crippen molar-refractivity contribution < 1.29 is 14.2 Å². The fourth-order valence-electron chi connectivity index (χ4n) is 1.67. The van der Waals surface area contributed by atoms with Crippen LogP contribution in [0.5, 0.6) is 5.75 Å². The Bertz CT molecular complexity index is 354. The molecular weight excluding hydrogens is 185 g/mol. The molecule has 0 bridgehead atoms. The van der Waals surface area contributed by atoms with Gasteiger partial charge in [-0.15, -0.1) is 0 Å². The second-order valence-electron chi connectivity index (χ2n) is 3.33. The van der Waals surface area contributed by atoms with Gasteiger partial charge in [0.05, 0.1) is 19.3 Å². The molecule has 76 valence electrons. The Balaban J connectivity index is 2.48. The van der Waals surface area contributed by atoms with Crippen LogP contribution >= 0.6 is 0 Å². The summed E-state index contributed by atoms with van der Waals surface area (Å²) in [7, 11) is 0. The van der Waals surface area contributed by atoms with E-state index in [2.05, 4.69) is 0 Å². The van der Waals surface area contributed by atoms with Crippen LogP contribution in [0.2, 0.25) is 0 Å². The zero-order valence-electron chi connectivity index (χ0n) is 7.66. The molecule has 14 heavy (non-hydrogen) atoms. The third kappa shape index (κ3) is 1.36. The van der Waals surface area contributed by atoms with Crippen LogP contribution in [0.15, 0.2) is 12.1 Å². The molecule has 1 aromatic carbocycles. The summed E-state index contributed by atoms with van der Waals surface area (Å²) in [6.07, 6.45) is 0.577. The van der Waals surface area contributed by atoms with Gasteiger partial charge in [-0.3, -0.25) is 0 Å². The largest absolute Gasteiger partial charge is 0.492 e. The Labute approximate surface area is 81.3 Å². The van der Waals surface area contributed by atoms with Gasteiger partial charge in [-0.25, -0.2) is 4.39 Å². The van der Waals surface area contributed by atoms with Crippen molar-refractivity contribution in [1.82, 2.24) is 0 Å². The second-order valence-corrected chi connectivity index (χ2v) is 3.33. The highest BCUT2D eigenvalue weighted by Crippen LogP contribution is 2.34. The number of fused-ring (bicyclic) bond motifs is 1. The Morgan fingerprint density at radius 2 is 2.36 bits per heavy atom. The van der Waals surface area contributed by atoms with E-state index >= 15 is 0 Å². The molecule has 0 saturated carbocycles. The maximum Gasteiger partial charge on any atom is 0.130 e. The van der Waals surface area contributed by atoms with Gasteiger partial charge in [0.1, 0.15) is 11.6 Å². The van der Waals surface area contributed by atoms with E-state index in [1.165, 1.54) is 6.07 Å². The fourth-order valence-corrected chi connectivity index (χ4v) is 1.67. The first kappa shape index (κ1) is 9.43. The highest BCUT2D eigenvalue weighted by atomic mass is 19.1. The van der Waals surface area contributed by atoms with Gasteiger partial charge in [-0.2, -0.15) is 0 Å². The number of halogens is 1. The molecule has 1 aromatic rings. The van der Waals surface area contributed by atoms with Crippen molar-refractivity contribution in [2.75, 3.05) is 13.2 Å². The molecule has 0 unspecified atom stereocenters. The first-order chi connectivity index (χ1) is 6.74. The fraction of sp³-hybridized carbons (Fsp3) is 0.400. The molecule has 1 atom stereocenters. The van der Waals surface area contributed by atoms with Crippen LogP contribution in [0.25, 0.3) is 0 Å². The number of aliphatic hydroxyl groups excluding tert-OH is 1. The second kappa shape index (κ2) is 3.55. The quantitative estimate of drug-likeness (QED) is 0.735. The average Bonchev–Trinajstić information content (AvgIpc) is 2.67. The lowest BCUT2D eigenvalue weighted by molar-refractivity contribution is 0.263. The number of aliphatic hydroxyl groups is 1. The Morgan fingerprint density at radius 1 is 1.57 bits per heavy atom. The predicted octanol–water partition coefficient (Wildman–Crippen LogP) is 0.753. The molecule has 0 radical (unpaired) electrons. The molecule has 0 saturated heterocycles. The van der Waals surface area contributed by atoms with Crippen LogP contribution in [0.3, 0.4) is 0 Å². The van der Waals surface area contributed by atoms with E-state index in [4.69, 9.17) is 15.6 Å². The normalized spacial score (nSPS) is 16.2. The van der Waals surface area contributed by atoms with E-state index in [1.807, 2.05) is 0 Å². The summed E-state index contributed by atoms with van der Waals surface area (Å²) in [4.78, 5) is 0. The Hall–Kier alpha value is -1.13. The van der Waals surface area contributed by atoms with Gasteiger partial charge >= 0.3 is 0 Å². The van der Waals surface area contributed by atoms with Crippen molar-refractivity contribution in [2.45, 2.75) is 12.5 Å². The third-order valence-electron chi connectivity index (χ3n) is 2.43. The van der Waals surface area contributed by atoms with E-state index in [1.54, 1.807) is 6.07 Å². The Morgan fingerprint density at radius 3 is 3.07 bits per heavy atom. The highest BCUT2D eigenvalue weighted by molar-refractivity contribution is 5.46. The first-order valence-corrected chi connectivity index (χ1v) is 4.54. The molecule has 0 aliphatic carbocycles. The minimum absolute atomic E-state index is 0.165. The van der Waals surface area contributed by atoms with Crippen molar-refractivity contribution >= 4 is 0 Å². The lowest BCUT2D eigenvalue weighted by Crippen LogP contribution is -2.15. The van der Waals surface area contributed by atoms with Crippen molar-refractivity contribution in [3.63, 3.8) is 0 Å². The minimum Gasteiger partial charge on any atom is -0.492 e. The molecule has 4 heteroatoms. The Kier molecular flexibility index (Phi) is 2.39. The van der Waals surface area contributed by atoms with Gasteiger partial charge in [0.2, 0.25) is 0 Å². The van der Waals surface area contributed by atoms with Crippen molar-refractivity contribution in [2.24, 2.45) is 5.73 Å². The smallest absolute Gasteiger partial charge is 0.130 e. The van der Waals surface area contributed by atoms with Crippen molar-refractivity contribution in [3.8, 4) is 5.75 Å². The summed E-state index contributed by atoms with van der Waals surface area (Å²) in [6.45, 7) is 0.322. The summed E-state index contributed by atoms with van der Waals surface area (Å²) in [5.41, 5.74) is 6.92. The average molecular weight is 197 g/mol. The van der Waals surface area contributed by atoms with Gasteiger partial charge in [-0.1, -0.05) is 6.07 Å². The third-order valence-corrected chi connectivity index (χ3v) is 2.43. The molecule has 1 aliphatic rings. The minimum atomic E-state index is -0.498. The van der Waals surface area contributed by atoms with E-state index in [9.17, 15) is 4.39 Å². The van der Waals surface area contributed by atoms with Gasteiger partial charge < -0.3 is 15.6 Å². The molecular formula is C10H12FNO2. The van der Waals surface area contributed by atoms with E-state index in [-0.39, 0.29) is 12.4 Å². The lowest BCUT2D eigenvalue weighted by atomic mass is 10.0. The molecule has 2 rings (SSSR count). The highest BCUT2D eigenvalue weighted by Gasteiger charge is 2.22. The number of hydrogen-bond donors (Lipinski definition) is 2. The van der Waals surface area contributed by atoms with Crippen LogP contribution in [0.1, 0.15) is 17.2 Å². The molecule has 0 fully saturated rings. The molecule has 0 amide bonds. The van der Waals surface area contributed by atoms with E-state index in [0.29, 0.717) is 29.9 Å². The van der Waals surface area contributed by atoms with E-state index in [0.717, 1.165) is 0 Å². The standard InChI is InChI=1S/C10H12FNO2/c11-8-2-1-7(9(12)5-13)10-6(8)3-4-14-10/h1-2,9,13H,3-5,12H2/t9-/m0/s1. The maximum absolute atomic E-state index is 13.3. The lowest BCUT2D eigenvalue weighted by Gasteiger charge is -2.13. The molecule has 3 nitrogen and oxygen atoms in total. The monoisotopic (exact) mass is 197 g/mol. The van der Waals surface area contributed by atoms with Crippen LogP contribution in [0, 0.1) is 5.82 Å².